The highest BCUT2D eigenvalue weighted by Gasteiger charge is 2.17. The summed E-state index contributed by atoms with van der Waals surface area (Å²) in [4.78, 5) is 24.2. The number of rotatable bonds is 2. The number of aromatic amines is 1. The first-order valence-corrected chi connectivity index (χ1v) is 3.95. The Labute approximate surface area is 79.3 Å². The number of nitrogen functional groups attached to an aromatic ring is 1. The summed E-state index contributed by atoms with van der Waals surface area (Å²) in [5, 5.41) is 9.27. The summed E-state index contributed by atoms with van der Waals surface area (Å²) in [6.45, 7) is 1.79. The van der Waals surface area contributed by atoms with Crippen LogP contribution in [0, 0.1) is 0 Å². The van der Waals surface area contributed by atoms with Gasteiger partial charge in [0.25, 0.3) is 5.56 Å². The van der Waals surface area contributed by atoms with Crippen LogP contribution in [0.2, 0.25) is 0 Å². The SMILES string of the molecule is CCOC(=O)c1c(O)cc(=O)[nH]c1N. The third kappa shape index (κ3) is 1.85. The van der Waals surface area contributed by atoms with Gasteiger partial charge in [-0.15, -0.1) is 0 Å². The summed E-state index contributed by atoms with van der Waals surface area (Å²) in [6, 6.07) is 0.864. The molecule has 0 unspecified atom stereocenters. The van der Waals surface area contributed by atoms with E-state index in [1.807, 2.05) is 0 Å². The highest BCUT2D eigenvalue weighted by molar-refractivity contribution is 5.96. The molecular weight excluding hydrogens is 188 g/mol. The van der Waals surface area contributed by atoms with E-state index in [4.69, 9.17) is 5.73 Å². The summed E-state index contributed by atoms with van der Waals surface area (Å²) >= 11 is 0. The number of nitrogens with one attached hydrogen (secondary N) is 1. The number of anilines is 1. The fraction of sp³-hybridized carbons (Fsp3) is 0.250. The van der Waals surface area contributed by atoms with Crippen molar-refractivity contribution >= 4 is 11.8 Å². The average Bonchev–Trinajstić information content (AvgIpc) is 2.01. The Morgan fingerprint density at radius 1 is 1.71 bits per heavy atom. The van der Waals surface area contributed by atoms with Gasteiger partial charge in [-0.05, 0) is 6.92 Å². The lowest BCUT2D eigenvalue weighted by Gasteiger charge is -2.05. The zero-order chi connectivity index (χ0) is 10.7. The average molecular weight is 198 g/mol. The molecule has 6 nitrogen and oxygen atoms in total. The van der Waals surface area contributed by atoms with Crippen molar-refractivity contribution in [2.75, 3.05) is 12.3 Å². The third-order valence-electron chi connectivity index (χ3n) is 1.53. The van der Waals surface area contributed by atoms with Crippen LogP contribution in [0.25, 0.3) is 0 Å². The van der Waals surface area contributed by atoms with Gasteiger partial charge in [-0.1, -0.05) is 0 Å². The molecule has 1 rings (SSSR count). The summed E-state index contributed by atoms with van der Waals surface area (Å²) < 4.78 is 4.63. The Balaban J connectivity index is 3.21. The molecule has 0 aromatic carbocycles. The summed E-state index contributed by atoms with van der Waals surface area (Å²) in [6.07, 6.45) is 0. The zero-order valence-corrected chi connectivity index (χ0v) is 7.53. The molecule has 0 saturated carbocycles. The predicted molar refractivity (Wildman–Crippen MR) is 49.1 cm³/mol. The fourth-order valence-corrected chi connectivity index (χ4v) is 0.983. The molecule has 0 aliphatic heterocycles. The Kier molecular flexibility index (Phi) is 2.76. The lowest BCUT2D eigenvalue weighted by molar-refractivity contribution is 0.0524. The van der Waals surface area contributed by atoms with Gasteiger partial charge in [-0.25, -0.2) is 4.79 Å². The second kappa shape index (κ2) is 3.82. The molecule has 0 bridgehead atoms. The number of pyridine rings is 1. The van der Waals surface area contributed by atoms with Crippen LogP contribution in [0.1, 0.15) is 17.3 Å². The highest BCUT2D eigenvalue weighted by Crippen LogP contribution is 2.19. The molecule has 0 aliphatic carbocycles. The van der Waals surface area contributed by atoms with Crippen molar-refractivity contribution in [3.8, 4) is 5.75 Å². The van der Waals surface area contributed by atoms with Gasteiger partial charge in [0.1, 0.15) is 17.1 Å². The van der Waals surface area contributed by atoms with Crippen LogP contribution < -0.4 is 11.3 Å². The first kappa shape index (κ1) is 10.1. The molecule has 0 radical (unpaired) electrons. The molecule has 0 spiro atoms. The maximum atomic E-state index is 11.2. The van der Waals surface area contributed by atoms with Gasteiger partial charge in [0.2, 0.25) is 0 Å². The van der Waals surface area contributed by atoms with Gasteiger partial charge in [-0.2, -0.15) is 0 Å². The number of hydrogen-bond donors (Lipinski definition) is 3. The molecule has 0 fully saturated rings. The van der Waals surface area contributed by atoms with E-state index in [-0.39, 0.29) is 18.0 Å². The summed E-state index contributed by atoms with van der Waals surface area (Å²) in [7, 11) is 0. The topological polar surface area (TPSA) is 105 Å². The molecule has 4 N–H and O–H groups in total. The van der Waals surface area contributed by atoms with E-state index >= 15 is 0 Å². The number of esters is 1. The van der Waals surface area contributed by atoms with Crippen molar-refractivity contribution < 1.29 is 14.6 Å². The Morgan fingerprint density at radius 3 is 2.86 bits per heavy atom. The first-order chi connectivity index (χ1) is 6.56. The van der Waals surface area contributed by atoms with E-state index in [1.54, 1.807) is 6.92 Å². The number of ether oxygens (including phenoxy) is 1. The van der Waals surface area contributed by atoms with Crippen molar-refractivity contribution in [3.05, 3.63) is 22.0 Å². The number of carbonyl (C=O) groups is 1. The van der Waals surface area contributed by atoms with E-state index in [2.05, 4.69) is 9.72 Å². The van der Waals surface area contributed by atoms with Crippen molar-refractivity contribution in [1.82, 2.24) is 4.98 Å². The minimum absolute atomic E-state index is 0.164. The second-order valence-corrected chi connectivity index (χ2v) is 2.53. The standard InChI is InChI=1S/C8H10N2O4/c1-2-14-8(13)6-4(11)3-5(12)10-7(6)9/h3H,2H2,1H3,(H4,9,10,11,12). The molecule has 1 heterocycles. The van der Waals surface area contributed by atoms with E-state index in [0.717, 1.165) is 6.07 Å². The van der Waals surface area contributed by atoms with E-state index in [0.29, 0.717) is 0 Å². The van der Waals surface area contributed by atoms with Crippen molar-refractivity contribution in [1.29, 1.82) is 0 Å². The number of H-pyrrole nitrogens is 1. The predicted octanol–water partition coefficient (Wildman–Crippen LogP) is -0.161. The molecule has 0 amide bonds. The monoisotopic (exact) mass is 198 g/mol. The number of nitrogens with two attached hydrogens (primary N) is 1. The summed E-state index contributed by atoms with van der Waals surface area (Å²) in [5.41, 5.74) is 4.54. The van der Waals surface area contributed by atoms with E-state index in [9.17, 15) is 14.7 Å². The summed E-state index contributed by atoms with van der Waals surface area (Å²) in [5.74, 6) is -1.45. The molecule has 0 aliphatic rings. The normalized spacial score (nSPS) is 9.79. The molecule has 1 aromatic heterocycles. The highest BCUT2D eigenvalue weighted by atomic mass is 16.5. The lowest BCUT2D eigenvalue weighted by Crippen LogP contribution is -2.15. The van der Waals surface area contributed by atoms with Crippen LogP contribution in [0.3, 0.4) is 0 Å². The van der Waals surface area contributed by atoms with Crippen LogP contribution in [-0.4, -0.2) is 22.7 Å². The Morgan fingerprint density at radius 2 is 2.36 bits per heavy atom. The molecule has 0 saturated heterocycles. The van der Waals surface area contributed by atoms with Gasteiger partial charge < -0.3 is 20.6 Å². The number of hydrogen-bond acceptors (Lipinski definition) is 5. The number of carbonyl (C=O) groups excluding carboxylic acids is 1. The van der Waals surface area contributed by atoms with Gasteiger partial charge in [0.05, 0.1) is 6.61 Å². The lowest BCUT2D eigenvalue weighted by atomic mass is 10.2. The molecule has 0 atom stereocenters. The molecular formula is C8H10N2O4. The van der Waals surface area contributed by atoms with Crippen LogP contribution >= 0.6 is 0 Å². The molecule has 6 heteroatoms. The van der Waals surface area contributed by atoms with Gasteiger partial charge in [0, 0.05) is 6.07 Å². The quantitative estimate of drug-likeness (QED) is 0.572. The Bertz CT molecular complexity index is 384. The minimum Gasteiger partial charge on any atom is -0.507 e. The number of aromatic hydroxyl groups is 1. The molecule has 14 heavy (non-hydrogen) atoms. The van der Waals surface area contributed by atoms with Gasteiger partial charge in [0.15, 0.2) is 0 Å². The smallest absolute Gasteiger partial charge is 0.345 e. The van der Waals surface area contributed by atoms with E-state index in [1.165, 1.54) is 0 Å². The maximum absolute atomic E-state index is 11.2. The number of aromatic nitrogens is 1. The molecule has 76 valence electrons. The van der Waals surface area contributed by atoms with Crippen LogP contribution in [0.15, 0.2) is 10.9 Å². The van der Waals surface area contributed by atoms with Gasteiger partial charge in [-0.3, -0.25) is 4.79 Å². The maximum Gasteiger partial charge on any atom is 0.345 e. The zero-order valence-electron chi connectivity index (χ0n) is 7.53. The Hall–Kier alpha value is -1.98. The van der Waals surface area contributed by atoms with Crippen LogP contribution in [-0.2, 0) is 4.74 Å². The van der Waals surface area contributed by atoms with E-state index < -0.39 is 17.3 Å². The first-order valence-electron chi connectivity index (χ1n) is 3.95. The van der Waals surface area contributed by atoms with Crippen molar-refractivity contribution in [3.63, 3.8) is 0 Å². The third-order valence-corrected chi connectivity index (χ3v) is 1.53. The van der Waals surface area contributed by atoms with Gasteiger partial charge >= 0.3 is 5.97 Å². The van der Waals surface area contributed by atoms with Crippen LogP contribution in [0.5, 0.6) is 5.75 Å². The minimum atomic E-state index is -0.765. The largest absolute Gasteiger partial charge is 0.507 e. The van der Waals surface area contributed by atoms with Crippen molar-refractivity contribution in [2.45, 2.75) is 6.92 Å². The van der Waals surface area contributed by atoms with Crippen LogP contribution in [0.4, 0.5) is 5.82 Å². The van der Waals surface area contributed by atoms with Crippen molar-refractivity contribution in [2.24, 2.45) is 0 Å². The molecule has 1 aromatic rings. The fourth-order valence-electron chi connectivity index (χ4n) is 0.983. The second-order valence-electron chi connectivity index (χ2n) is 2.53.